The molecule has 1 aromatic rings. The van der Waals surface area contributed by atoms with E-state index < -0.39 is 18.4 Å². The lowest BCUT2D eigenvalue weighted by molar-refractivity contribution is -0.199. The van der Waals surface area contributed by atoms with Crippen molar-refractivity contribution in [1.29, 1.82) is 0 Å². The minimum Gasteiger partial charge on any atom is -0.437 e. The van der Waals surface area contributed by atoms with E-state index in [1.54, 1.807) is 0 Å². The van der Waals surface area contributed by atoms with Gasteiger partial charge >= 0.3 is 12.3 Å². The number of hydrogen-bond acceptors (Lipinski definition) is 5. The van der Waals surface area contributed by atoms with Gasteiger partial charge in [0.25, 0.3) is 0 Å². The molecule has 1 unspecified atom stereocenters. The van der Waals surface area contributed by atoms with Crippen LogP contribution in [0.4, 0.5) is 23.7 Å². The highest BCUT2D eigenvalue weighted by atomic mass is 35.5. The number of nitrogens with zero attached hydrogens (tertiary/aromatic N) is 3. The average molecular weight is 490 g/mol. The number of piperidine rings is 1. The Morgan fingerprint density at radius 3 is 2.48 bits per heavy atom. The zero-order valence-electron chi connectivity index (χ0n) is 18.9. The summed E-state index contributed by atoms with van der Waals surface area (Å²) in [7, 11) is 0. The number of carbonyl (C=O) groups excluding carboxylic acids is 1. The molecule has 1 aromatic carbocycles. The van der Waals surface area contributed by atoms with E-state index in [0.717, 1.165) is 69.6 Å². The molecule has 4 rings (SSSR count). The lowest BCUT2D eigenvalue weighted by atomic mass is 9.77. The number of anilines is 1. The predicted octanol–water partition coefficient (Wildman–Crippen LogP) is 4.55. The summed E-state index contributed by atoms with van der Waals surface area (Å²) >= 11 is 6.28. The third-order valence-corrected chi connectivity index (χ3v) is 7.38. The van der Waals surface area contributed by atoms with E-state index in [1.165, 1.54) is 10.5 Å². The largest absolute Gasteiger partial charge is 0.437 e. The fourth-order valence-electron chi connectivity index (χ4n) is 4.99. The first-order valence-electron chi connectivity index (χ1n) is 11.5. The van der Waals surface area contributed by atoms with Crippen molar-refractivity contribution >= 4 is 23.4 Å². The van der Waals surface area contributed by atoms with Crippen LogP contribution in [0.15, 0.2) is 18.2 Å². The van der Waals surface area contributed by atoms with Gasteiger partial charge in [-0.25, -0.2) is 4.79 Å². The van der Waals surface area contributed by atoms with Gasteiger partial charge in [-0.3, -0.25) is 4.90 Å². The molecule has 0 bridgehead atoms. The van der Waals surface area contributed by atoms with E-state index in [1.807, 2.05) is 12.1 Å². The predicted molar refractivity (Wildman–Crippen MR) is 120 cm³/mol. The fraction of sp³-hybridized carbons (Fsp3) is 0.696. The molecule has 0 radical (unpaired) electrons. The Bertz CT molecular complexity index is 840. The van der Waals surface area contributed by atoms with Crippen molar-refractivity contribution in [2.45, 2.75) is 45.0 Å². The summed E-state index contributed by atoms with van der Waals surface area (Å²) in [5, 5.41) is 0.718. The van der Waals surface area contributed by atoms with Gasteiger partial charge in [0.05, 0.1) is 13.2 Å². The number of rotatable bonds is 4. The third-order valence-electron chi connectivity index (χ3n) is 7.14. The Hall–Kier alpha value is -1.71. The number of alkyl halides is 3. The van der Waals surface area contributed by atoms with Crippen molar-refractivity contribution < 1.29 is 27.4 Å². The fourth-order valence-corrected chi connectivity index (χ4v) is 5.15. The first-order chi connectivity index (χ1) is 15.7. The van der Waals surface area contributed by atoms with Crippen LogP contribution in [-0.2, 0) is 16.0 Å². The van der Waals surface area contributed by atoms with Gasteiger partial charge in [0.2, 0.25) is 0 Å². The number of halogens is 4. The quantitative estimate of drug-likeness (QED) is 0.621. The minimum absolute atomic E-state index is 0.0377. The second-order valence-corrected chi connectivity index (χ2v) is 9.82. The van der Waals surface area contributed by atoms with Gasteiger partial charge in [-0.15, -0.1) is 0 Å². The van der Waals surface area contributed by atoms with Crippen LogP contribution in [0.25, 0.3) is 0 Å². The SMILES string of the molecule is CC(OC(=O)N1CCC2(CCN(Cc3ccc(Cl)cc3N3CCOCC3)CC2)C1)C(F)(F)F. The van der Waals surface area contributed by atoms with Crippen molar-refractivity contribution in [2.24, 2.45) is 5.41 Å². The summed E-state index contributed by atoms with van der Waals surface area (Å²) in [5.74, 6) is 0. The van der Waals surface area contributed by atoms with Crippen LogP contribution in [0.2, 0.25) is 5.02 Å². The maximum absolute atomic E-state index is 12.7. The zero-order valence-corrected chi connectivity index (χ0v) is 19.6. The van der Waals surface area contributed by atoms with Crippen LogP contribution in [0.3, 0.4) is 0 Å². The van der Waals surface area contributed by atoms with Crippen LogP contribution in [-0.4, -0.2) is 80.7 Å². The highest BCUT2D eigenvalue weighted by molar-refractivity contribution is 6.30. The molecule has 3 saturated heterocycles. The van der Waals surface area contributed by atoms with E-state index in [2.05, 4.69) is 20.6 Å². The van der Waals surface area contributed by atoms with E-state index in [9.17, 15) is 18.0 Å². The molecule has 33 heavy (non-hydrogen) atoms. The van der Waals surface area contributed by atoms with Crippen molar-refractivity contribution in [2.75, 3.05) is 57.4 Å². The number of amides is 1. The number of carbonyl (C=O) groups is 1. The summed E-state index contributed by atoms with van der Waals surface area (Å²) in [6.07, 6.45) is -4.88. The lowest BCUT2D eigenvalue weighted by Gasteiger charge is -2.40. The first kappa shape index (κ1) is 24.4. The first-order valence-corrected chi connectivity index (χ1v) is 11.9. The maximum atomic E-state index is 12.7. The monoisotopic (exact) mass is 489 g/mol. The van der Waals surface area contributed by atoms with E-state index >= 15 is 0 Å². The van der Waals surface area contributed by atoms with Crippen LogP contribution in [0.1, 0.15) is 31.7 Å². The Labute approximate surface area is 197 Å². The molecule has 0 N–H and O–H groups in total. The lowest BCUT2D eigenvalue weighted by Crippen LogP contribution is -2.43. The summed E-state index contributed by atoms with van der Waals surface area (Å²) in [6.45, 7) is 7.45. The number of likely N-dealkylation sites (tertiary alicyclic amines) is 2. The molecule has 0 aliphatic carbocycles. The third kappa shape index (κ3) is 5.87. The van der Waals surface area contributed by atoms with Crippen LogP contribution in [0.5, 0.6) is 0 Å². The molecule has 184 valence electrons. The van der Waals surface area contributed by atoms with Gasteiger partial charge < -0.3 is 19.3 Å². The van der Waals surface area contributed by atoms with Crippen LogP contribution >= 0.6 is 11.6 Å². The standard InChI is InChI=1S/C23H31ClF3N3O3/c1-17(23(25,26)27)33-21(31)30-9-6-22(16-30)4-7-28(8-5-22)15-18-2-3-19(24)14-20(18)29-10-12-32-13-11-29/h2-3,14,17H,4-13,15-16H2,1H3. The van der Waals surface area contributed by atoms with Crippen molar-refractivity contribution in [3.8, 4) is 0 Å². The zero-order chi connectivity index (χ0) is 23.6. The molecule has 10 heteroatoms. The maximum Gasteiger partial charge on any atom is 0.425 e. The average Bonchev–Trinajstić information content (AvgIpc) is 3.20. The molecule has 3 heterocycles. The molecule has 0 saturated carbocycles. The molecular weight excluding hydrogens is 459 g/mol. The molecule has 3 aliphatic rings. The number of morpholine rings is 1. The Balaban J connectivity index is 1.32. The number of benzene rings is 1. The van der Waals surface area contributed by atoms with Gasteiger partial charge in [0.1, 0.15) is 0 Å². The van der Waals surface area contributed by atoms with E-state index in [0.29, 0.717) is 26.3 Å². The van der Waals surface area contributed by atoms with E-state index in [4.69, 9.17) is 16.3 Å². The molecule has 3 fully saturated rings. The van der Waals surface area contributed by atoms with Crippen molar-refractivity contribution in [3.63, 3.8) is 0 Å². The van der Waals surface area contributed by atoms with Crippen LogP contribution in [0, 0.1) is 5.41 Å². The summed E-state index contributed by atoms with van der Waals surface area (Å²) in [4.78, 5) is 18.4. The number of hydrogen-bond donors (Lipinski definition) is 0. The molecule has 1 atom stereocenters. The van der Waals surface area contributed by atoms with Crippen LogP contribution < -0.4 is 4.90 Å². The second-order valence-electron chi connectivity index (χ2n) is 9.39. The van der Waals surface area contributed by atoms with Gasteiger partial charge in [0, 0.05) is 43.4 Å². The smallest absolute Gasteiger partial charge is 0.425 e. The van der Waals surface area contributed by atoms with Crippen molar-refractivity contribution in [3.05, 3.63) is 28.8 Å². The van der Waals surface area contributed by atoms with E-state index in [-0.39, 0.29) is 5.41 Å². The summed E-state index contributed by atoms with van der Waals surface area (Å²) in [6, 6.07) is 6.04. The molecule has 1 amide bonds. The molecule has 3 aliphatic heterocycles. The second kappa shape index (κ2) is 9.88. The highest BCUT2D eigenvalue weighted by Crippen LogP contribution is 2.41. The van der Waals surface area contributed by atoms with Gasteiger partial charge in [0.15, 0.2) is 6.10 Å². The minimum atomic E-state index is -4.54. The molecule has 0 aromatic heterocycles. The Kier molecular flexibility index (Phi) is 7.31. The summed E-state index contributed by atoms with van der Waals surface area (Å²) < 4.78 is 48.3. The van der Waals surface area contributed by atoms with Crippen molar-refractivity contribution in [1.82, 2.24) is 9.80 Å². The highest BCUT2D eigenvalue weighted by Gasteiger charge is 2.45. The normalized spacial score (nSPS) is 22.6. The Morgan fingerprint density at radius 1 is 1.15 bits per heavy atom. The molecule has 1 spiro atoms. The Morgan fingerprint density at radius 2 is 1.82 bits per heavy atom. The number of ether oxygens (including phenoxy) is 2. The van der Waals surface area contributed by atoms with Gasteiger partial charge in [-0.2, -0.15) is 13.2 Å². The summed E-state index contributed by atoms with van der Waals surface area (Å²) in [5.41, 5.74) is 2.35. The molecule has 6 nitrogen and oxygen atoms in total. The topological polar surface area (TPSA) is 45.2 Å². The molecular formula is C23H31ClF3N3O3. The van der Waals surface area contributed by atoms with Gasteiger partial charge in [-0.1, -0.05) is 17.7 Å². The van der Waals surface area contributed by atoms with Gasteiger partial charge in [-0.05, 0) is 62.4 Å².